The third-order valence-electron chi connectivity index (χ3n) is 3.40. The van der Waals surface area contributed by atoms with Gasteiger partial charge in [-0.25, -0.2) is 0 Å². The summed E-state index contributed by atoms with van der Waals surface area (Å²) in [6.07, 6.45) is 3.70. The first kappa shape index (κ1) is 12.5. The van der Waals surface area contributed by atoms with Crippen molar-refractivity contribution < 1.29 is 5.11 Å². The number of aliphatic hydroxyl groups excluding tert-OH is 1. The molecule has 0 radical (unpaired) electrons. The molecular weight excluding hydrogens is 212 g/mol. The number of piperidine rings is 1. The summed E-state index contributed by atoms with van der Waals surface area (Å²) in [6.45, 7) is 7.26. The topological polar surface area (TPSA) is 36.4 Å². The molecule has 94 valence electrons. The lowest BCUT2D eigenvalue weighted by Gasteiger charge is -2.29. The lowest BCUT2D eigenvalue weighted by atomic mass is 10.1. The zero-order valence-electron chi connectivity index (χ0n) is 10.8. The van der Waals surface area contributed by atoms with Crippen molar-refractivity contribution in [3.05, 3.63) is 29.6 Å². The first-order valence-corrected chi connectivity index (χ1v) is 6.50. The van der Waals surface area contributed by atoms with Crippen LogP contribution in [-0.2, 0) is 6.54 Å². The summed E-state index contributed by atoms with van der Waals surface area (Å²) in [5.74, 6) is 0.495. The van der Waals surface area contributed by atoms with Crippen LogP contribution in [0.15, 0.2) is 18.3 Å². The quantitative estimate of drug-likeness (QED) is 0.870. The number of hydrogen-bond donors (Lipinski definition) is 1. The van der Waals surface area contributed by atoms with Gasteiger partial charge < -0.3 is 5.11 Å². The van der Waals surface area contributed by atoms with Gasteiger partial charge in [-0.1, -0.05) is 19.9 Å². The molecule has 17 heavy (non-hydrogen) atoms. The minimum absolute atomic E-state index is 0.0901. The van der Waals surface area contributed by atoms with E-state index in [1.807, 2.05) is 6.20 Å². The van der Waals surface area contributed by atoms with Crippen molar-refractivity contribution in [3.8, 4) is 0 Å². The average Bonchev–Trinajstić information content (AvgIpc) is 2.33. The van der Waals surface area contributed by atoms with E-state index in [-0.39, 0.29) is 6.10 Å². The van der Waals surface area contributed by atoms with Crippen LogP contribution < -0.4 is 0 Å². The molecule has 0 aliphatic carbocycles. The zero-order valence-corrected chi connectivity index (χ0v) is 10.8. The third kappa shape index (κ3) is 3.51. The lowest BCUT2D eigenvalue weighted by molar-refractivity contribution is 0.0792. The summed E-state index contributed by atoms with van der Waals surface area (Å²) < 4.78 is 0. The molecular formula is C14H22N2O. The Kier molecular flexibility index (Phi) is 4.13. The lowest BCUT2D eigenvalue weighted by Crippen LogP contribution is -2.35. The number of pyridine rings is 1. The van der Waals surface area contributed by atoms with Crippen LogP contribution in [0.3, 0.4) is 0 Å². The van der Waals surface area contributed by atoms with E-state index in [9.17, 15) is 5.11 Å². The third-order valence-corrected chi connectivity index (χ3v) is 3.40. The summed E-state index contributed by atoms with van der Waals surface area (Å²) in [7, 11) is 0. The molecule has 3 heteroatoms. The Morgan fingerprint density at radius 2 is 2.06 bits per heavy atom. The molecule has 0 unspecified atom stereocenters. The second-order valence-electron chi connectivity index (χ2n) is 5.25. The minimum atomic E-state index is -0.0901. The molecule has 0 bridgehead atoms. The van der Waals surface area contributed by atoms with Crippen molar-refractivity contribution in [3.63, 3.8) is 0 Å². The predicted molar refractivity (Wildman–Crippen MR) is 68.8 cm³/mol. The van der Waals surface area contributed by atoms with Crippen molar-refractivity contribution in [2.24, 2.45) is 0 Å². The normalized spacial score (nSPS) is 18.8. The predicted octanol–water partition coefficient (Wildman–Crippen LogP) is 2.16. The van der Waals surface area contributed by atoms with E-state index in [0.29, 0.717) is 5.92 Å². The molecule has 1 aliphatic heterocycles. The first-order valence-electron chi connectivity index (χ1n) is 6.50. The number of likely N-dealkylation sites (tertiary alicyclic amines) is 1. The van der Waals surface area contributed by atoms with E-state index < -0.39 is 0 Å². The number of aliphatic hydroxyl groups is 1. The van der Waals surface area contributed by atoms with Gasteiger partial charge in [0.25, 0.3) is 0 Å². The van der Waals surface area contributed by atoms with Crippen molar-refractivity contribution in [2.45, 2.75) is 45.3 Å². The molecule has 0 amide bonds. The Morgan fingerprint density at radius 3 is 2.59 bits per heavy atom. The molecule has 1 saturated heterocycles. The fraction of sp³-hybridized carbons (Fsp3) is 0.643. The Balaban J connectivity index is 1.90. The van der Waals surface area contributed by atoms with Crippen LogP contribution in [0.2, 0.25) is 0 Å². The molecule has 0 saturated carbocycles. The number of nitrogens with zero attached hydrogens (tertiary/aromatic N) is 2. The molecule has 1 aromatic rings. The molecule has 0 aromatic carbocycles. The van der Waals surface area contributed by atoms with Crippen molar-refractivity contribution in [1.82, 2.24) is 9.88 Å². The van der Waals surface area contributed by atoms with Gasteiger partial charge >= 0.3 is 0 Å². The van der Waals surface area contributed by atoms with E-state index in [0.717, 1.165) is 38.2 Å². The van der Waals surface area contributed by atoms with Crippen molar-refractivity contribution in [2.75, 3.05) is 13.1 Å². The monoisotopic (exact) mass is 234 g/mol. The smallest absolute Gasteiger partial charge is 0.0564 e. The number of hydrogen-bond acceptors (Lipinski definition) is 3. The Morgan fingerprint density at radius 1 is 1.35 bits per heavy atom. The van der Waals surface area contributed by atoms with Crippen LogP contribution in [0.25, 0.3) is 0 Å². The highest BCUT2D eigenvalue weighted by atomic mass is 16.3. The van der Waals surface area contributed by atoms with Crippen LogP contribution in [-0.4, -0.2) is 34.2 Å². The summed E-state index contributed by atoms with van der Waals surface area (Å²) in [5, 5.41) is 9.45. The molecule has 1 aliphatic rings. The van der Waals surface area contributed by atoms with Gasteiger partial charge in [-0.3, -0.25) is 9.88 Å². The molecule has 2 heterocycles. The molecule has 3 nitrogen and oxygen atoms in total. The van der Waals surface area contributed by atoms with Gasteiger partial charge in [0.1, 0.15) is 0 Å². The van der Waals surface area contributed by atoms with Gasteiger partial charge in [-0.2, -0.15) is 0 Å². The van der Waals surface area contributed by atoms with E-state index in [1.54, 1.807) is 0 Å². The summed E-state index contributed by atoms with van der Waals surface area (Å²) in [5.41, 5.74) is 2.42. The molecule has 0 atom stereocenters. The van der Waals surface area contributed by atoms with Crippen LogP contribution >= 0.6 is 0 Å². The van der Waals surface area contributed by atoms with Gasteiger partial charge in [-0.15, -0.1) is 0 Å². The zero-order chi connectivity index (χ0) is 12.3. The van der Waals surface area contributed by atoms with Crippen LogP contribution in [0.5, 0.6) is 0 Å². The number of rotatable bonds is 3. The SMILES string of the molecule is CC(C)c1ccc(CN2CCC(O)CC2)cn1. The van der Waals surface area contributed by atoms with Crippen LogP contribution in [0, 0.1) is 0 Å². The Labute approximate surface area is 103 Å². The first-order chi connectivity index (χ1) is 8.15. The standard InChI is InChI=1S/C14H22N2O/c1-11(2)14-4-3-12(9-15-14)10-16-7-5-13(17)6-8-16/h3-4,9,11,13,17H,5-8,10H2,1-2H3. The van der Waals surface area contributed by atoms with E-state index in [4.69, 9.17) is 0 Å². The second-order valence-corrected chi connectivity index (χ2v) is 5.25. The van der Waals surface area contributed by atoms with Gasteiger partial charge in [-0.05, 0) is 30.4 Å². The molecule has 0 spiro atoms. The van der Waals surface area contributed by atoms with Crippen LogP contribution in [0.1, 0.15) is 43.9 Å². The fourth-order valence-electron chi connectivity index (χ4n) is 2.21. The highest BCUT2D eigenvalue weighted by molar-refractivity contribution is 5.16. The molecule has 1 fully saturated rings. The van der Waals surface area contributed by atoms with E-state index >= 15 is 0 Å². The van der Waals surface area contributed by atoms with Gasteiger partial charge in [0.05, 0.1) is 6.10 Å². The largest absolute Gasteiger partial charge is 0.393 e. The van der Waals surface area contributed by atoms with E-state index in [1.165, 1.54) is 5.56 Å². The maximum Gasteiger partial charge on any atom is 0.0564 e. The maximum absolute atomic E-state index is 9.45. The second kappa shape index (κ2) is 5.61. The van der Waals surface area contributed by atoms with Crippen LogP contribution in [0.4, 0.5) is 0 Å². The van der Waals surface area contributed by atoms with Crippen molar-refractivity contribution in [1.29, 1.82) is 0 Å². The highest BCUT2D eigenvalue weighted by Gasteiger charge is 2.16. The van der Waals surface area contributed by atoms with Gasteiger partial charge in [0, 0.05) is 31.5 Å². The Hall–Kier alpha value is -0.930. The fourth-order valence-corrected chi connectivity index (χ4v) is 2.21. The van der Waals surface area contributed by atoms with Gasteiger partial charge in [0.15, 0.2) is 0 Å². The number of aromatic nitrogens is 1. The Bertz CT molecular complexity index is 340. The summed E-state index contributed by atoms with van der Waals surface area (Å²) in [6, 6.07) is 4.30. The highest BCUT2D eigenvalue weighted by Crippen LogP contribution is 2.15. The van der Waals surface area contributed by atoms with E-state index in [2.05, 4.69) is 35.9 Å². The van der Waals surface area contributed by atoms with Crippen molar-refractivity contribution >= 4 is 0 Å². The maximum atomic E-state index is 9.45. The van der Waals surface area contributed by atoms with Gasteiger partial charge in [0.2, 0.25) is 0 Å². The minimum Gasteiger partial charge on any atom is -0.393 e. The molecule has 1 N–H and O–H groups in total. The average molecular weight is 234 g/mol. The molecule has 2 rings (SSSR count). The summed E-state index contributed by atoms with van der Waals surface area (Å²) in [4.78, 5) is 6.87. The molecule has 1 aromatic heterocycles. The summed E-state index contributed by atoms with van der Waals surface area (Å²) >= 11 is 0.